The molecule has 0 amide bonds. The summed E-state index contributed by atoms with van der Waals surface area (Å²) >= 11 is 3.21. The molecule has 94 valence electrons. The molecule has 0 aromatic heterocycles. The van der Waals surface area contributed by atoms with Crippen molar-refractivity contribution in [2.75, 3.05) is 5.73 Å². The average molecular weight is 314 g/mol. The third-order valence-electron chi connectivity index (χ3n) is 2.35. The molecule has 0 aliphatic rings. The summed E-state index contributed by atoms with van der Waals surface area (Å²) in [6, 6.07) is 8.62. The van der Waals surface area contributed by atoms with Gasteiger partial charge in [-0.2, -0.15) is 0 Å². The number of nitrogens with two attached hydrogens (primary N) is 1. The van der Waals surface area contributed by atoms with Gasteiger partial charge in [0.25, 0.3) is 0 Å². The molecule has 0 fully saturated rings. The zero-order valence-corrected chi connectivity index (χ0v) is 10.9. The van der Waals surface area contributed by atoms with Crippen LogP contribution in [-0.4, -0.2) is 0 Å². The molecule has 0 bridgehead atoms. The lowest BCUT2D eigenvalue weighted by Gasteiger charge is -2.08. The van der Waals surface area contributed by atoms with Gasteiger partial charge in [0, 0.05) is 15.7 Å². The number of halogens is 3. The molecule has 0 radical (unpaired) electrons. The van der Waals surface area contributed by atoms with Crippen LogP contribution in [-0.2, 0) is 6.61 Å². The van der Waals surface area contributed by atoms with Crippen LogP contribution in [0.25, 0.3) is 0 Å². The Hall–Kier alpha value is -1.62. The highest BCUT2D eigenvalue weighted by Gasteiger charge is 2.07. The Bertz CT molecular complexity index is 575. The molecular weight excluding hydrogens is 304 g/mol. The van der Waals surface area contributed by atoms with Gasteiger partial charge in [-0.15, -0.1) is 0 Å². The molecule has 0 atom stereocenters. The Labute approximate surface area is 112 Å². The Morgan fingerprint density at radius 3 is 2.56 bits per heavy atom. The van der Waals surface area contributed by atoms with Gasteiger partial charge in [-0.1, -0.05) is 22.0 Å². The first-order valence-corrected chi connectivity index (χ1v) is 5.97. The maximum atomic E-state index is 13.5. The normalized spacial score (nSPS) is 10.4. The van der Waals surface area contributed by atoms with E-state index in [0.29, 0.717) is 15.7 Å². The van der Waals surface area contributed by atoms with E-state index in [2.05, 4.69) is 15.9 Å². The molecule has 0 spiro atoms. The van der Waals surface area contributed by atoms with Crippen molar-refractivity contribution in [3.63, 3.8) is 0 Å². The van der Waals surface area contributed by atoms with Crippen molar-refractivity contribution in [3.8, 4) is 5.75 Å². The van der Waals surface area contributed by atoms with Crippen molar-refractivity contribution in [2.24, 2.45) is 0 Å². The van der Waals surface area contributed by atoms with Gasteiger partial charge in [0.2, 0.25) is 0 Å². The van der Waals surface area contributed by atoms with Crippen LogP contribution in [0.3, 0.4) is 0 Å². The number of rotatable bonds is 3. The molecule has 0 aliphatic carbocycles. The summed E-state index contributed by atoms with van der Waals surface area (Å²) in [4.78, 5) is 0. The molecule has 5 heteroatoms. The first-order valence-electron chi connectivity index (χ1n) is 5.18. The van der Waals surface area contributed by atoms with Crippen molar-refractivity contribution in [3.05, 3.63) is 58.1 Å². The molecular formula is C13H10BrF2NO. The van der Waals surface area contributed by atoms with E-state index in [1.165, 1.54) is 24.3 Å². The average Bonchev–Trinajstić information content (AvgIpc) is 2.32. The van der Waals surface area contributed by atoms with Crippen LogP contribution in [0.15, 0.2) is 40.9 Å². The molecule has 0 unspecified atom stereocenters. The fourth-order valence-electron chi connectivity index (χ4n) is 1.42. The third kappa shape index (κ3) is 2.98. The smallest absolute Gasteiger partial charge is 0.165 e. The van der Waals surface area contributed by atoms with Crippen molar-refractivity contribution in [1.29, 1.82) is 0 Å². The molecule has 2 aromatic rings. The Morgan fingerprint density at radius 2 is 1.83 bits per heavy atom. The van der Waals surface area contributed by atoms with E-state index in [4.69, 9.17) is 10.5 Å². The third-order valence-corrected chi connectivity index (χ3v) is 2.85. The first kappa shape index (κ1) is 12.8. The number of hydrogen-bond acceptors (Lipinski definition) is 2. The summed E-state index contributed by atoms with van der Waals surface area (Å²) in [6.07, 6.45) is 0. The summed E-state index contributed by atoms with van der Waals surface area (Å²) in [6.45, 7) is -0.0561. The van der Waals surface area contributed by atoms with Crippen molar-refractivity contribution < 1.29 is 13.5 Å². The van der Waals surface area contributed by atoms with Gasteiger partial charge in [-0.05, 0) is 30.3 Å². The molecule has 0 saturated heterocycles. The van der Waals surface area contributed by atoms with Gasteiger partial charge in [0.05, 0.1) is 0 Å². The number of nitrogen functional groups attached to an aromatic ring is 1. The lowest BCUT2D eigenvalue weighted by Crippen LogP contribution is -2.01. The Kier molecular flexibility index (Phi) is 3.81. The largest absolute Gasteiger partial charge is 0.486 e. The van der Waals surface area contributed by atoms with Crippen LogP contribution in [0.4, 0.5) is 14.5 Å². The fourth-order valence-corrected chi connectivity index (χ4v) is 1.76. The molecule has 2 N–H and O–H groups in total. The van der Waals surface area contributed by atoms with E-state index >= 15 is 0 Å². The topological polar surface area (TPSA) is 35.2 Å². The minimum Gasteiger partial charge on any atom is -0.486 e. The predicted molar refractivity (Wildman–Crippen MR) is 69.2 cm³/mol. The second-order valence-corrected chi connectivity index (χ2v) is 4.63. The predicted octanol–water partition coefficient (Wildman–Crippen LogP) is 3.89. The molecule has 2 rings (SSSR count). The zero-order chi connectivity index (χ0) is 13.1. The highest BCUT2D eigenvalue weighted by Crippen LogP contribution is 2.23. The lowest BCUT2D eigenvalue weighted by atomic mass is 10.2. The van der Waals surface area contributed by atoms with Gasteiger partial charge >= 0.3 is 0 Å². The van der Waals surface area contributed by atoms with E-state index in [9.17, 15) is 8.78 Å². The highest BCUT2D eigenvalue weighted by atomic mass is 79.9. The van der Waals surface area contributed by atoms with E-state index in [1.807, 2.05) is 0 Å². The minimum absolute atomic E-state index is 0.0561. The van der Waals surface area contributed by atoms with Crippen LogP contribution in [0, 0.1) is 11.6 Å². The molecule has 18 heavy (non-hydrogen) atoms. The number of benzene rings is 2. The number of ether oxygens (including phenoxy) is 1. The van der Waals surface area contributed by atoms with Gasteiger partial charge in [-0.25, -0.2) is 8.78 Å². The van der Waals surface area contributed by atoms with Crippen LogP contribution >= 0.6 is 15.9 Å². The van der Waals surface area contributed by atoms with Crippen LogP contribution in [0.2, 0.25) is 0 Å². The minimum atomic E-state index is -0.492. The molecule has 2 nitrogen and oxygen atoms in total. The van der Waals surface area contributed by atoms with Crippen molar-refractivity contribution in [1.82, 2.24) is 0 Å². The monoisotopic (exact) mass is 313 g/mol. The van der Waals surface area contributed by atoms with Crippen LogP contribution < -0.4 is 10.5 Å². The molecule has 0 heterocycles. The van der Waals surface area contributed by atoms with Crippen LogP contribution in [0.1, 0.15) is 5.56 Å². The van der Waals surface area contributed by atoms with Gasteiger partial charge < -0.3 is 10.5 Å². The number of anilines is 1. The standard InChI is InChI=1S/C13H10BrF2NO/c14-9-2-4-11(15)13(5-9)18-7-8-1-3-10(17)6-12(8)16/h1-6H,7,17H2. The SMILES string of the molecule is Nc1ccc(COc2cc(Br)ccc2F)c(F)c1. The lowest BCUT2D eigenvalue weighted by molar-refractivity contribution is 0.284. The van der Waals surface area contributed by atoms with Gasteiger partial charge in [0.15, 0.2) is 11.6 Å². The fraction of sp³-hybridized carbons (Fsp3) is 0.0769. The maximum Gasteiger partial charge on any atom is 0.165 e. The van der Waals surface area contributed by atoms with E-state index in [-0.39, 0.29) is 12.4 Å². The molecule has 2 aromatic carbocycles. The Balaban J connectivity index is 2.13. The van der Waals surface area contributed by atoms with Crippen molar-refractivity contribution >= 4 is 21.6 Å². The van der Waals surface area contributed by atoms with Gasteiger partial charge in [-0.3, -0.25) is 0 Å². The number of hydrogen-bond donors (Lipinski definition) is 1. The van der Waals surface area contributed by atoms with Crippen molar-refractivity contribution in [2.45, 2.75) is 6.61 Å². The van der Waals surface area contributed by atoms with E-state index < -0.39 is 11.6 Å². The quantitative estimate of drug-likeness (QED) is 0.873. The van der Waals surface area contributed by atoms with Crippen LogP contribution in [0.5, 0.6) is 5.75 Å². The molecule has 0 saturated carbocycles. The summed E-state index contributed by atoms with van der Waals surface area (Å²) in [5.74, 6) is -0.889. The van der Waals surface area contributed by atoms with E-state index in [1.54, 1.807) is 12.1 Å². The second kappa shape index (κ2) is 5.35. The maximum absolute atomic E-state index is 13.5. The van der Waals surface area contributed by atoms with Gasteiger partial charge in [0.1, 0.15) is 12.4 Å². The zero-order valence-electron chi connectivity index (χ0n) is 9.29. The summed E-state index contributed by atoms with van der Waals surface area (Å²) in [5, 5.41) is 0. The highest BCUT2D eigenvalue weighted by molar-refractivity contribution is 9.10. The summed E-state index contributed by atoms with van der Waals surface area (Å²) in [5.41, 5.74) is 6.09. The second-order valence-electron chi connectivity index (χ2n) is 3.71. The first-order chi connectivity index (χ1) is 8.56. The van der Waals surface area contributed by atoms with E-state index in [0.717, 1.165) is 0 Å². The summed E-state index contributed by atoms with van der Waals surface area (Å²) in [7, 11) is 0. The summed E-state index contributed by atoms with van der Waals surface area (Å²) < 4.78 is 32.8. The Morgan fingerprint density at radius 1 is 1.06 bits per heavy atom. The molecule has 0 aliphatic heterocycles.